The lowest BCUT2D eigenvalue weighted by Gasteiger charge is -2.22. The van der Waals surface area contributed by atoms with Crippen molar-refractivity contribution in [2.45, 2.75) is 25.3 Å². The van der Waals surface area contributed by atoms with Gasteiger partial charge in [-0.15, -0.1) is 11.8 Å². The molecule has 0 aliphatic rings. The summed E-state index contributed by atoms with van der Waals surface area (Å²) in [6, 6.07) is 0. The Morgan fingerprint density at radius 1 is 1.47 bits per heavy atom. The predicted octanol–water partition coefficient (Wildman–Crippen LogP) is 0.645. The number of aliphatic hydroxyl groups excluding tert-OH is 1. The van der Waals surface area contributed by atoms with Gasteiger partial charge >= 0.3 is 5.69 Å². The van der Waals surface area contributed by atoms with Crippen LogP contribution in [0.1, 0.15) is 29.4 Å². The molecule has 1 aromatic rings. The molecule has 0 saturated heterocycles. The zero-order chi connectivity index (χ0) is 14.4. The van der Waals surface area contributed by atoms with Crippen LogP contribution in [-0.4, -0.2) is 51.8 Å². The molecule has 19 heavy (non-hydrogen) atoms. The van der Waals surface area contributed by atoms with Gasteiger partial charge in [-0.25, -0.2) is 4.79 Å². The molecule has 7 heteroatoms. The number of aromatic nitrogens is 2. The molecule has 0 aliphatic carbocycles. The maximum absolute atomic E-state index is 12.5. The van der Waals surface area contributed by atoms with Crippen LogP contribution in [0.15, 0.2) is 9.82 Å². The van der Waals surface area contributed by atoms with Gasteiger partial charge in [0, 0.05) is 18.8 Å². The van der Waals surface area contributed by atoms with Crippen molar-refractivity contribution in [1.29, 1.82) is 0 Å². The van der Waals surface area contributed by atoms with E-state index >= 15 is 0 Å². The first-order valence-electron chi connectivity index (χ1n) is 6.10. The van der Waals surface area contributed by atoms with Gasteiger partial charge in [0.15, 0.2) is 0 Å². The molecular formula is C12H19N3O3S. The van der Waals surface area contributed by atoms with Crippen molar-refractivity contribution in [3.05, 3.63) is 21.7 Å². The van der Waals surface area contributed by atoms with E-state index in [0.29, 0.717) is 22.8 Å². The Balaban J connectivity index is 3.19. The molecule has 0 spiro atoms. The predicted molar refractivity (Wildman–Crippen MR) is 74.7 cm³/mol. The van der Waals surface area contributed by atoms with Crippen molar-refractivity contribution < 1.29 is 9.90 Å². The van der Waals surface area contributed by atoms with Crippen LogP contribution < -0.4 is 5.69 Å². The summed E-state index contributed by atoms with van der Waals surface area (Å²) in [6.45, 7) is 4.39. The maximum atomic E-state index is 12.5. The van der Waals surface area contributed by atoms with Crippen molar-refractivity contribution in [2.24, 2.45) is 0 Å². The fourth-order valence-corrected chi connectivity index (χ4v) is 2.44. The molecule has 1 amide bonds. The second-order valence-corrected chi connectivity index (χ2v) is 4.86. The van der Waals surface area contributed by atoms with E-state index in [1.165, 1.54) is 11.8 Å². The summed E-state index contributed by atoms with van der Waals surface area (Å²) in [5.74, 6) is -0.207. The monoisotopic (exact) mass is 285 g/mol. The topological polar surface area (TPSA) is 86.3 Å². The lowest BCUT2D eigenvalue weighted by atomic mass is 10.2. The molecule has 2 N–H and O–H groups in total. The van der Waals surface area contributed by atoms with E-state index in [1.54, 1.807) is 18.1 Å². The fourth-order valence-electron chi connectivity index (χ4n) is 1.82. The van der Waals surface area contributed by atoms with Gasteiger partial charge in [-0.1, -0.05) is 6.92 Å². The first-order valence-corrected chi connectivity index (χ1v) is 7.32. The highest BCUT2D eigenvalue weighted by Gasteiger charge is 2.21. The number of hydrogen-bond acceptors (Lipinski definition) is 5. The van der Waals surface area contributed by atoms with Crippen LogP contribution in [0.3, 0.4) is 0 Å². The zero-order valence-electron chi connectivity index (χ0n) is 11.4. The minimum absolute atomic E-state index is 0.0871. The van der Waals surface area contributed by atoms with Gasteiger partial charge in [-0.05, 0) is 19.6 Å². The molecule has 0 unspecified atom stereocenters. The van der Waals surface area contributed by atoms with Gasteiger partial charge in [0.25, 0.3) is 5.91 Å². The summed E-state index contributed by atoms with van der Waals surface area (Å²) in [5.41, 5.74) is 0.463. The van der Waals surface area contributed by atoms with Crippen molar-refractivity contribution in [1.82, 2.24) is 14.9 Å². The van der Waals surface area contributed by atoms with E-state index in [4.69, 9.17) is 5.11 Å². The molecular weight excluding hydrogens is 266 g/mol. The van der Waals surface area contributed by atoms with E-state index < -0.39 is 5.69 Å². The summed E-state index contributed by atoms with van der Waals surface area (Å²) in [5, 5.41) is 9.45. The molecule has 106 valence electrons. The number of nitrogens with zero attached hydrogens (tertiary/aromatic N) is 2. The van der Waals surface area contributed by atoms with Crippen LogP contribution in [0.2, 0.25) is 0 Å². The Morgan fingerprint density at radius 3 is 2.68 bits per heavy atom. The fraction of sp³-hybridized carbons (Fsp3) is 0.583. The number of aliphatic hydroxyl groups is 1. The first-order chi connectivity index (χ1) is 9.04. The standard InChI is InChI=1S/C12H19N3O3S/c1-4-5-15(6-7-16)11(17)9-8(2)13-12(18)14-10(9)19-3/h16H,4-7H2,1-3H3,(H,13,14,18). The summed E-state index contributed by atoms with van der Waals surface area (Å²) < 4.78 is 0. The number of amides is 1. The van der Waals surface area contributed by atoms with Crippen LogP contribution in [0.25, 0.3) is 0 Å². The first kappa shape index (κ1) is 15.7. The molecule has 1 heterocycles. The second-order valence-electron chi connectivity index (χ2n) is 4.07. The van der Waals surface area contributed by atoms with Gasteiger partial charge in [-0.2, -0.15) is 4.98 Å². The summed E-state index contributed by atoms with van der Waals surface area (Å²) in [7, 11) is 0. The smallest absolute Gasteiger partial charge is 0.346 e. The quantitative estimate of drug-likeness (QED) is 0.592. The van der Waals surface area contributed by atoms with Crippen LogP contribution in [0.5, 0.6) is 0 Å². The number of rotatable bonds is 6. The van der Waals surface area contributed by atoms with E-state index in [1.807, 2.05) is 6.92 Å². The summed E-state index contributed by atoms with van der Waals surface area (Å²) in [6.07, 6.45) is 2.57. The number of aromatic amines is 1. The lowest BCUT2D eigenvalue weighted by molar-refractivity contribution is 0.0716. The van der Waals surface area contributed by atoms with Crippen LogP contribution in [-0.2, 0) is 0 Å². The molecule has 6 nitrogen and oxygen atoms in total. The normalized spacial score (nSPS) is 10.5. The van der Waals surface area contributed by atoms with Crippen LogP contribution in [0, 0.1) is 6.92 Å². The summed E-state index contributed by atoms with van der Waals surface area (Å²) >= 11 is 1.26. The minimum atomic E-state index is -0.456. The van der Waals surface area contributed by atoms with E-state index in [9.17, 15) is 9.59 Å². The van der Waals surface area contributed by atoms with Gasteiger partial charge in [0.1, 0.15) is 5.03 Å². The molecule has 0 radical (unpaired) electrons. The average molecular weight is 285 g/mol. The molecule has 0 fully saturated rings. The molecule has 0 bridgehead atoms. The van der Waals surface area contributed by atoms with Crippen molar-refractivity contribution in [3.63, 3.8) is 0 Å². The molecule has 1 rings (SSSR count). The van der Waals surface area contributed by atoms with Gasteiger partial charge < -0.3 is 15.0 Å². The molecule has 0 aromatic carbocycles. The highest BCUT2D eigenvalue weighted by Crippen LogP contribution is 2.20. The molecule has 0 saturated carbocycles. The van der Waals surface area contributed by atoms with Crippen LogP contribution >= 0.6 is 11.8 Å². The van der Waals surface area contributed by atoms with Crippen molar-refractivity contribution in [3.8, 4) is 0 Å². The number of carbonyl (C=O) groups excluding carboxylic acids is 1. The minimum Gasteiger partial charge on any atom is -0.395 e. The van der Waals surface area contributed by atoms with E-state index in [-0.39, 0.29) is 19.1 Å². The molecule has 0 aliphatic heterocycles. The Hall–Kier alpha value is -1.34. The zero-order valence-corrected chi connectivity index (χ0v) is 12.2. The Bertz CT molecular complexity index is 495. The maximum Gasteiger partial charge on any atom is 0.346 e. The van der Waals surface area contributed by atoms with Gasteiger partial charge in [0.05, 0.1) is 12.2 Å². The SMILES string of the molecule is CCCN(CCO)C(=O)c1c(SC)nc(=O)[nH]c1C. The number of aryl methyl sites for hydroxylation is 1. The number of thioether (sulfide) groups is 1. The Kier molecular flexibility index (Phi) is 6.04. The Morgan fingerprint density at radius 2 is 2.16 bits per heavy atom. The molecule has 1 aromatic heterocycles. The third-order valence-electron chi connectivity index (χ3n) is 2.64. The second kappa shape index (κ2) is 7.30. The third kappa shape index (κ3) is 3.81. The van der Waals surface area contributed by atoms with Gasteiger partial charge in [0.2, 0.25) is 0 Å². The lowest BCUT2D eigenvalue weighted by Crippen LogP contribution is -2.36. The number of carbonyl (C=O) groups is 1. The van der Waals surface area contributed by atoms with Crippen molar-refractivity contribution >= 4 is 17.7 Å². The largest absolute Gasteiger partial charge is 0.395 e. The van der Waals surface area contributed by atoms with E-state index in [0.717, 1.165) is 6.42 Å². The average Bonchev–Trinajstić information content (AvgIpc) is 2.36. The highest BCUT2D eigenvalue weighted by molar-refractivity contribution is 7.98. The molecule has 0 atom stereocenters. The summed E-state index contributed by atoms with van der Waals surface area (Å²) in [4.78, 5) is 31.7. The number of H-pyrrole nitrogens is 1. The number of hydrogen-bond donors (Lipinski definition) is 2. The van der Waals surface area contributed by atoms with Gasteiger partial charge in [-0.3, -0.25) is 4.79 Å². The number of nitrogens with one attached hydrogen (secondary N) is 1. The van der Waals surface area contributed by atoms with E-state index in [2.05, 4.69) is 9.97 Å². The Labute approximate surface area is 116 Å². The van der Waals surface area contributed by atoms with Crippen LogP contribution in [0.4, 0.5) is 0 Å². The van der Waals surface area contributed by atoms with Crippen molar-refractivity contribution in [2.75, 3.05) is 26.0 Å². The third-order valence-corrected chi connectivity index (χ3v) is 3.33. The highest BCUT2D eigenvalue weighted by atomic mass is 32.2.